The summed E-state index contributed by atoms with van der Waals surface area (Å²) in [5.41, 5.74) is 1.34. The second kappa shape index (κ2) is 2.51. The monoisotopic (exact) mass is 185 g/mol. The van der Waals surface area contributed by atoms with E-state index in [4.69, 9.17) is 0 Å². The summed E-state index contributed by atoms with van der Waals surface area (Å²) in [6.45, 7) is 0.567. The second-order valence-electron chi connectivity index (χ2n) is 3.18. The third-order valence-corrected chi connectivity index (χ3v) is 2.38. The molecule has 1 aromatic heterocycles. The molecule has 14 heavy (non-hydrogen) atoms. The zero-order valence-electron chi connectivity index (χ0n) is 7.32. The summed E-state index contributed by atoms with van der Waals surface area (Å²) in [5, 5.41) is 4.63. The molecule has 0 bridgehead atoms. The maximum absolute atomic E-state index is 11.4. The molecule has 68 valence electrons. The number of aromatic nitrogens is 1. The van der Waals surface area contributed by atoms with Gasteiger partial charge in [-0.25, -0.2) is 4.98 Å². The molecule has 0 radical (unpaired) electrons. The van der Waals surface area contributed by atoms with Crippen molar-refractivity contribution in [2.75, 3.05) is 6.54 Å². The Labute approximate surface area is 79.7 Å². The summed E-state index contributed by atoms with van der Waals surface area (Å²) < 4.78 is 0. The average molecular weight is 185 g/mol. The van der Waals surface area contributed by atoms with Crippen molar-refractivity contribution in [2.24, 2.45) is 4.99 Å². The second-order valence-corrected chi connectivity index (χ2v) is 3.18. The van der Waals surface area contributed by atoms with E-state index in [0.29, 0.717) is 12.2 Å². The van der Waals surface area contributed by atoms with E-state index in [1.165, 1.54) is 0 Å². The van der Waals surface area contributed by atoms with Gasteiger partial charge in [0.15, 0.2) is 0 Å². The molecule has 1 amide bonds. The van der Waals surface area contributed by atoms with Crippen LogP contribution in [0.15, 0.2) is 11.2 Å². The Morgan fingerprint density at radius 1 is 1.36 bits per heavy atom. The molecular formula is C10H7N3O. The van der Waals surface area contributed by atoms with Crippen LogP contribution in [0.1, 0.15) is 10.5 Å². The molecule has 0 saturated heterocycles. The van der Waals surface area contributed by atoms with E-state index in [2.05, 4.69) is 15.3 Å². The van der Waals surface area contributed by atoms with Crippen LogP contribution in [0.2, 0.25) is 0 Å². The lowest BCUT2D eigenvalue weighted by Crippen LogP contribution is -2.42. The predicted octanol–water partition coefficient (Wildman–Crippen LogP) is -0.898. The highest BCUT2D eigenvalue weighted by molar-refractivity contribution is 5.99. The number of fused-ring (bicyclic) bond motifs is 3. The summed E-state index contributed by atoms with van der Waals surface area (Å²) in [6, 6.07) is 0. The van der Waals surface area contributed by atoms with Crippen molar-refractivity contribution in [3.05, 3.63) is 22.3 Å². The van der Waals surface area contributed by atoms with Gasteiger partial charge in [-0.3, -0.25) is 9.79 Å². The highest BCUT2D eigenvalue weighted by atomic mass is 16.1. The van der Waals surface area contributed by atoms with Gasteiger partial charge in [0.05, 0.1) is 11.9 Å². The van der Waals surface area contributed by atoms with Crippen LogP contribution in [0.5, 0.6) is 0 Å². The van der Waals surface area contributed by atoms with Crippen molar-refractivity contribution < 1.29 is 4.79 Å². The fraction of sp³-hybridized carbons (Fsp3) is 0.100. The molecule has 1 N–H and O–H groups in total. The molecule has 0 spiro atoms. The van der Waals surface area contributed by atoms with Crippen LogP contribution in [-0.2, 0) is 0 Å². The highest BCUT2D eigenvalue weighted by Crippen LogP contribution is 2.04. The molecule has 1 aromatic rings. The molecule has 3 rings (SSSR count). The Balaban J connectivity index is 2.47. The van der Waals surface area contributed by atoms with E-state index in [1.807, 2.05) is 12.2 Å². The van der Waals surface area contributed by atoms with Crippen LogP contribution < -0.4 is 15.8 Å². The molecule has 0 saturated carbocycles. The van der Waals surface area contributed by atoms with Crippen molar-refractivity contribution in [3.63, 3.8) is 0 Å². The van der Waals surface area contributed by atoms with Crippen molar-refractivity contribution >= 4 is 30.0 Å². The number of carbonyl (C=O) groups excluding carboxylic acids is 1. The van der Waals surface area contributed by atoms with E-state index in [9.17, 15) is 4.79 Å². The lowest BCUT2D eigenvalue weighted by Gasteiger charge is -2.08. The van der Waals surface area contributed by atoms with E-state index < -0.39 is 0 Å². The summed E-state index contributed by atoms with van der Waals surface area (Å²) in [4.78, 5) is 19.7. The Kier molecular flexibility index (Phi) is 1.33. The van der Waals surface area contributed by atoms with Gasteiger partial charge in [-0.1, -0.05) is 6.08 Å². The fourth-order valence-corrected chi connectivity index (χ4v) is 1.72. The zero-order valence-corrected chi connectivity index (χ0v) is 7.32. The first kappa shape index (κ1) is 7.44. The first-order chi connectivity index (χ1) is 6.86. The van der Waals surface area contributed by atoms with Crippen molar-refractivity contribution in [1.82, 2.24) is 10.3 Å². The Bertz CT molecular complexity index is 572. The Morgan fingerprint density at radius 3 is 3.21 bits per heavy atom. The largest absolute Gasteiger partial charge is 0.347 e. The maximum Gasteiger partial charge on any atom is 0.270 e. The predicted molar refractivity (Wildman–Crippen MR) is 52.9 cm³/mol. The third kappa shape index (κ3) is 0.849. The van der Waals surface area contributed by atoms with Gasteiger partial charge in [0.1, 0.15) is 5.69 Å². The molecule has 4 heteroatoms. The third-order valence-electron chi connectivity index (χ3n) is 2.38. The van der Waals surface area contributed by atoms with Gasteiger partial charge < -0.3 is 5.32 Å². The number of rotatable bonds is 0. The van der Waals surface area contributed by atoms with Crippen LogP contribution in [0.25, 0.3) is 12.2 Å². The number of pyridine rings is 1. The van der Waals surface area contributed by atoms with Crippen LogP contribution in [0.4, 0.5) is 5.69 Å². The number of hydrogen-bond acceptors (Lipinski definition) is 3. The number of amides is 1. The van der Waals surface area contributed by atoms with Gasteiger partial charge in [0.25, 0.3) is 5.91 Å². The Morgan fingerprint density at radius 2 is 2.29 bits per heavy atom. The van der Waals surface area contributed by atoms with Crippen molar-refractivity contribution in [1.29, 1.82) is 0 Å². The van der Waals surface area contributed by atoms with Crippen LogP contribution in [-0.4, -0.2) is 23.7 Å². The molecule has 2 aliphatic rings. The SMILES string of the molecule is O=C1NCC=c2c1ncc1c2=CC=N1. The summed E-state index contributed by atoms with van der Waals surface area (Å²) >= 11 is 0. The van der Waals surface area contributed by atoms with Gasteiger partial charge in [-0.2, -0.15) is 0 Å². The molecular weight excluding hydrogens is 178 g/mol. The van der Waals surface area contributed by atoms with E-state index >= 15 is 0 Å². The first-order valence-corrected chi connectivity index (χ1v) is 4.38. The van der Waals surface area contributed by atoms with Gasteiger partial charge in [0.2, 0.25) is 0 Å². The molecule has 3 heterocycles. The molecule has 0 unspecified atom stereocenters. The number of carbonyl (C=O) groups is 1. The standard InChI is InChI=1S/C10H7N3O/c14-10-9-7(2-4-12-10)6-1-3-11-8(6)5-13-9/h1-3,5H,4H2,(H,12,14). The smallest absolute Gasteiger partial charge is 0.270 e. The molecule has 4 nitrogen and oxygen atoms in total. The normalized spacial score (nSPS) is 16.4. The fourth-order valence-electron chi connectivity index (χ4n) is 1.72. The highest BCUT2D eigenvalue weighted by Gasteiger charge is 2.15. The minimum atomic E-state index is -0.106. The first-order valence-electron chi connectivity index (χ1n) is 4.38. The minimum Gasteiger partial charge on any atom is -0.347 e. The quantitative estimate of drug-likeness (QED) is 0.569. The van der Waals surface area contributed by atoms with E-state index in [1.54, 1.807) is 12.4 Å². The summed E-state index contributed by atoms with van der Waals surface area (Å²) in [7, 11) is 0. The van der Waals surface area contributed by atoms with Gasteiger partial charge >= 0.3 is 0 Å². The van der Waals surface area contributed by atoms with Crippen LogP contribution in [0, 0.1) is 0 Å². The number of nitrogens with zero attached hydrogens (tertiary/aromatic N) is 2. The van der Waals surface area contributed by atoms with E-state index in [-0.39, 0.29) is 5.91 Å². The molecule has 0 atom stereocenters. The number of nitrogens with one attached hydrogen (secondary N) is 1. The van der Waals surface area contributed by atoms with E-state index in [0.717, 1.165) is 16.1 Å². The van der Waals surface area contributed by atoms with Crippen molar-refractivity contribution in [2.45, 2.75) is 0 Å². The maximum atomic E-state index is 11.4. The molecule has 0 aromatic carbocycles. The Hall–Kier alpha value is -1.97. The molecule has 0 fully saturated rings. The van der Waals surface area contributed by atoms with Crippen molar-refractivity contribution in [3.8, 4) is 0 Å². The lowest BCUT2D eigenvalue weighted by atomic mass is 10.1. The van der Waals surface area contributed by atoms with Gasteiger partial charge in [0, 0.05) is 23.2 Å². The summed E-state index contributed by atoms with van der Waals surface area (Å²) in [5.74, 6) is -0.106. The van der Waals surface area contributed by atoms with Gasteiger partial charge in [-0.05, 0) is 6.08 Å². The van der Waals surface area contributed by atoms with Crippen LogP contribution in [0.3, 0.4) is 0 Å². The molecule has 0 aliphatic carbocycles. The van der Waals surface area contributed by atoms with Gasteiger partial charge in [-0.15, -0.1) is 0 Å². The lowest BCUT2D eigenvalue weighted by molar-refractivity contribution is 0.0950. The minimum absolute atomic E-state index is 0.106. The topological polar surface area (TPSA) is 54.4 Å². The average Bonchev–Trinajstić information content (AvgIpc) is 2.66. The zero-order chi connectivity index (χ0) is 9.54. The number of aliphatic imine (C=N–C) groups is 1. The molecule has 2 aliphatic heterocycles. The van der Waals surface area contributed by atoms with Crippen LogP contribution >= 0.6 is 0 Å². The number of hydrogen-bond donors (Lipinski definition) is 1. The summed E-state index contributed by atoms with van der Waals surface area (Å²) in [6.07, 6.45) is 7.23.